The number of ether oxygens (including phenoxy) is 2. The van der Waals surface area contributed by atoms with Crippen molar-refractivity contribution in [2.24, 2.45) is 0 Å². The Morgan fingerprint density at radius 3 is 2.28 bits per heavy atom. The van der Waals surface area contributed by atoms with E-state index in [4.69, 9.17) is 9.52 Å². The molecule has 1 aromatic rings. The summed E-state index contributed by atoms with van der Waals surface area (Å²) in [7, 11) is -0.0587. The van der Waals surface area contributed by atoms with Crippen LogP contribution in [0.5, 0.6) is 0 Å². The standard InChI is InChI=1S/C11H15NO4S.ClH/c1-15-7-8-17(12,14)10-5-3-9(4-6-10)11(13)16-2;/h3-6,12H,7-8H2,1-2H3;1H. The molecule has 0 fully saturated rings. The van der Waals surface area contributed by atoms with Gasteiger partial charge in [0.25, 0.3) is 0 Å². The highest BCUT2D eigenvalue weighted by atomic mass is 35.5. The van der Waals surface area contributed by atoms with Crippen LogP contribution in [-0.2, 0) is 19.2 Å². The molecular formula is C11H16ClNO4S. The summed E-state index contributed by atoms with van der Waals surface area (Å²) in [5.41, 5.74) is 0.373. The maximum absolute atomic E-state index is 12.0. The van der Waals surface area contributed by atoms with E-state index < -0.39 is 15.7 Å². The first-order valence-corrected chi connectivity index (χ1v) is 6.68. The van der Waals surface area contributed by atoms with Gasteiger partial charge in [-0.25, -0.2) is 13.8 Å². The second-order valence-electron chi connectivity index (χ2n) is 3.39. The van der Waals surface area contributed by atoms with E-state index in [9.17, 15) is 9.00 Å². The summed E-state index contributed by atoms with van der Waals surface area (Å²) in [5, 5.41) is 0. The number of halogens is 1. The zero-order chi connectivity index (χ0) is 12.9. The normalized spacial score (nSPS) is 13.2. The van der Waals surface area contributed by atoms with Crippen molar-refractivity contribution in [3.63, 3.8) is 0 Å². The van der Waals surface area contributed by atoms with Gasteiger partial charge in [-0.15, -0.1) is 12.4 Å². The molecule has 0 aromatic heterocycles. The van der Waals surface area contributed by atoms with E-state index >= 15 is 0 Å². The Hall–Kier alpha value is -1.11. The van der Waals surface area contributed by atoms with Crippen molar-refractivity contribution < 1.29 is 18.5 Å². The van der Waals surface area contributed by atoms with Crippen LogP contribution >= 0.6 is 12.4 Å². The first kappa shape index (κ1) is 16.9. The number of benzene rings is 1. The highest BCUT2D eigenvalue weighted by molar-refractivity contribution is 7.92. The summed E-state index contributed by atoms with van der Waals surface area (Å²) in [6, 6.07) is 6.03. The van der Waals surface area contributed by atoms with Gasteiger partial charge < -0.3 is 9.47 Å². The Morgan fingerprint density at radius 1 is 1.28 bits per heavy atom. The van der Waals surface area contributed by atoms with Crippen molar-refractivity contribution in [2.45, 2.75) is 4.90 Å². The smallest absolute Gasteiger partial charge is 0.337 e. The zero-order valence-electron chi connectivity index (χ0n) is 10.2. The van der Waals surface area contributed by atoms with Gasteiger partial charge in [0.05, 0.1) is 34.8 Å². The summed E-state index contributed by atoms with van der Waals surface area (Å²) < 4.78 is 29.0. The van der Waals surface area contributed by atoms with Gasteiger partial charge in [-0.3, -0.25) is 0 Å². The van der Waals surface area contributed by atoms with Crippen molar-refractivity contribution in [1.29, 1.82) is 4.78 Å². The molecule has 0 radical (unpaired) electrons. The fourth-order valence-electron chi connectivity index (χ4n) is 1.25. The van der Waals surface area contributed by atoms with Crippen molar-refractivity contribution in [3.05, 3.63) is 29.8 Å². The Bertz CT molecular complexity index is 484. The molecule has 0 bridgehead atoms. The summed E-state index contributed by atoms with van der Waals surface area (Å²) in [6.07, 6.45) is 0. The molecule has 0 saturated heterocycles. The number of esters is 1. The van der Waals surface area contributed by atoms with Crippen molar-refractivity contribution in [1.82, 2.24) is 0 Å². The third kappa shape index (κ3) is 4.29. The van der Waals surface area contributed by atoms with Crippen LogP contribution in [0.25, 0.3) is 0 Å². The molecule has 0 aliphatic heterocycles. The van der Waals surface area contributed by atoms with E-state index in [2.05, 4.69) is 4.74 Å². The minimum atomic E-state index is -2.85. The molecule has 1 unspecified atom stereocenters. The summed E-state index contributed by atoms with van der Waals surface area (Å²) in [6.45, 7) is 0.265. The van der Waals surface area contributed by atoms with Crippen LogP contribution in [0.15, 0.2) is 29.2 Å². The molecule has 0 amide bonds. The number of carbonyl (C=O) groups excluding carboxylic acids is 1. The van der Waals surface area contributed by atoms with Crippen molar-refractivity contribution in [3.8, 4) is 0 Å². The van der Waals surface area contributed by atoms with Crippen molar-refractivity contribution >= 4 is 28.1 Å². The summed E-state index contributed by atoms with van der Waals surface area (Å²) in [4.78, 5) is 11.6. The molecule has 1 N–H and O–H groups in total. The van der Waals surface area contributed by atoms with E-state index in [1.807, 2.05) is 0 Å². The average Bonchev–Trinajstić information content (AvgIpc) is 2.35. The van der Waals surface area contributed by atoms with E-state index in [-0.39, 0.29) is 24.8 Å². The largest absolute Gasteiger partial charge is 0.465 e. The van der Waals surface area contributed by atoms with Crippen molar-refractivity contribution in [2.75, 3.05) is 26.6 Å². The minimum Gasteiger partial charge on any atom is -0.465 e. The fraction of sp³-hybridized carbons (Fsp3) is 0.364. The molecule has 18 heavy (non-hydrogen) atoms. The van der Waals surface area contributed by atoms with Gasteiger partial charge in [-0.05, 0) is 24.3 Å². The molecule has 0 spiro atoms. The Morgan fingerprint density at radius 2 is 1.83 bits per heavy atom. The number of nitrogens with one attached hydrogen (secondary N) is 1. The molecule has 1 atom stereocenters. The van der Waals surface area contributed by atoms with E-state index in [0.717, 1.165) is 0 Å². The van der Waals surface area contributed by atoms with Crippen LogP contribution in [0.4, 0.5) is 0 Å². The number of rotatable bonds is 5. The summed E-state index contributed by atoms with van der Waals surface area (Å²) in [5.74, 6) is -0.314. The van der Waals surface area contributed by atoms with Gasteiger partial charge in [-0.1, -0.05) is 0 Å². The lowest BCUT2D eigenvalue weighted by molar-refractivity contribution is 0.0600. The third-order valence-electron chi connectivity index (χ3n) is 2.23. The van der Waals surface area contributed by atoms with Crippen LogP contribution in [0.2, 0.25) is 0 Å². The highest BCUT2D eigenvalue weighted by Crippen LogP contribution is 2.13. The average molecular weight is 294 g/mol. The third-order valence-corrected chi connectivity index (χ3v) is 4.01. The van der Waals surface area contributed by atoms with Crippen LogP contribution < -0.4 is 0 Å². The second-order valence-corrected chi connectivity index (χ2v) is 5.62. The number of hydrogen-bond donors (Lipinski definition) is 1. The molecule has 102 valence electrons. The van der Waals surface area contributed by atoms with Gasteiger partial charge in [0.1, 0.15) is 0 Å². The van der Waals surface area contributed by atoms with E-state index in [1.54, 1.807) is 0 Å². The van der Waals surface area contributed by atoms with Crippen LogP contribution in [-0.4, -0.2) is 36.8 Å². The SMILES string of the molecule is COCCS(=N)(=O)c1ccc(C(=O)OC)cc1.Cl. The van der Waals surface area contributed by atoms with Crippen LogP contribution in [0.1, 0.15) is 10.4 Å². The highest BCUT2D eigenvalue weighted by Gasteiger charge is 2.11. The van der Waals surface area contributed by atoms with Gasteiger partial charge in [0, 0.05) is 12.0 Å². The monoisotopic (exact) mass is 293 g/mol. The lowest BCUT2D eigenvalue weighted by Crippen LogP contribution is -2.10. The molecule has 7 heteroatoms. The first-order chi connectivity index (χ1) is 8.01. The second kappa shape index (κ2) is 7.35. The number of methoxy groups -OCH3 is 2. The molecule has 0 heterocycles. The van der Waals surface area contributed by atoms with E-state index in [1.165, 1.54) is 38.5 Å². The van der Waals surface area contributed by atoms with Gasteiger partial charge in [0.15, 0.2) is 0 Å². The van der Waals surface area contributed by atoms with Gasteiger partial charge in [-0.2, -0.15) is 0 Å². The van der Waals surface area contributed by atoms with Crippen LogP contribution in [0, 0.1) is 4.78 Å². The Balaban J connectivity index is 0.00000289. The van der Waals surface area contributed by atoms with Gasteiger partial charge in [0.2, 0.25) is 0 Å². The predicted molar refractivity (Wildman–Crippen MR) is 70.9 cm³/mol. The molecule has 0 aliphatic rings. The molecule has 1 aromatic carbocycles. The van der Waals surface area contributed by atoms with Gasteiger partial charge >= 0.3 is 5.97 Å². The predicted octanol–water partition coefficient (Wildman–Crippen LogP) is 1.95. The Labute approximate surface area is 113 Å². The van der Waals surface area contributed by atoms with Crippen LogP contribution in [0.3, 0.4) is 0 Å². The molecule has 5 nitrogen and oxygen atoms in total. The molecular weight excluding hydrogens is 278 g/mol. The topological polar surface area (TPSA) is 76.5 Å². The molecule has 0 saturated carbocycles. The summed E-state index contributed by atoms with van der Waals surface area (Å²) >= 11 is 0. The number of hydrogen-bond acceptors (Lipinski definition) is 5. The lowest BCUT2D eigenvalue weighted by atomic mass is 10.2. The zero-order valence-corrected chi connectivity index (χ0v) is 11.8. The lowest BCUT2D eigenvalue weighted by Gasteiger charge is -2.07. The number of carbonyl (C=O) groups is 1. The minimum absolute atomic E-state index is 0. The fourth-order valence-corrected chi connectivity index (χ4v) is 2.46. The Kier molecular flexibility index (Phi) is 6.90. The quantitative estimate of drug-likeness (QED) is 0.842. The molecule has 1 rings (SSSR count). The first-order valence-electron chi connectivity index (χ1n) is 4.95. The maximum Gasteiger partial charge on any atom is 0.337 e. The molecule has 0 aliphatic carbocycles. The van der Waals surface area contributed by atoms with E-state index in [0.29, 0.717) is 10.5 Å². The maximum atomic E-state index is 12.0.